The smallest absolute Gasteiger partial charge is 0.328 e. The maximum Gasteiger partial charge on any atom is 0.328 e. The molecule has 2 aromatic carbocycles. The average molecular weight is 270 g/mol. The minimum Gasteiger partial charge on any atom is -0.490 e. The third kappa shape index (κ3) is 4.49. The predicted octanol–water partition coefficient (Wildman–Crippen LogP) is 3.50. The highest BCUT2D eigenvalue weighted by molar-refractivity contribution is 5.79. The van der Waals surface area contributed by atoms with Crippen molar-refractivity contribution in [3.63, 3.8) is 0 Å². The number of ether oxygens (including phenoxy) is 2. The minimum atomic E-state index is -0.986. The number of carboxylic acid groups (broad SMARTS) is 1. The third-order valence-electron chi connectivity index (χ3n) is 2.41. The van der Waals surface area contributed by atoms with Crippen LogP contribution in [-0.2, 0) is 4.79 Å². The van der Waals surface area contributed by atoms with Crippen LogP contribution in [0.4, 0.5) is 0 Å². The van der Waals surface area contributed by atoms with Gasteiger partial charge in [0.05, 0.1) is 0 Å². The molecule has 20 heavy (non-hydrogen) atoms. The molecule has 0 aromatic heterocycles. The monoisotopic (exact) mass is 270 g/mol. The number of hydrogen-bond acceptors (Lipinski definition) is 3. The van der Waals surface area contributed by atoms with Gasteiger partial charge in [0, 0.05) is 6.08 Å². The van der Waals surface area contributed by atoms with Gasteiger partial charge in [-0.25, -0.2) is 4.79 Å². The highest BCUT2D eigenvalue weighted by atomic mass is 16.5. The number of hydrogen-bond donors (Lipinski definition) is 1. The largest absolute Gasteiger partial charge is 0.490 e. The molecular weight excluding hydrogens is 256 g/mol. The predicted molar refractivity (Wildman–Crippen MR) is 75.2 cm³/mol. The van der Waals surface area contributed by atoms with Crippen LogP contribution in [-0.4, -0.2) is 17.7 Å². The second-order valence-electron chi connectivity index (χ2n) is 3.94. The van der Waals surface area contributed by atoms with E-state index in [1.165, 1.54) is 6.08 Å². The molecule has 0 saturated carbocycles. The Hall–Kier alpha value is -2.75. The third-order valence-corrected chi connectivity index (χ3v) is 2.41. The van der Waals surface area contributed by atoms with Gasteiger partial charge in [-0.3, -0.25) is 0 Å². The van der Waals surface area contributed by atoms with Gasteiger partial charge in [-0.15, -0.1) is 0 Å². The lowest BCUT2D eigenvalue weighted by Gasteiger charge is -2.07. The van der Waals surface area contributed by atoms with Crippen LogP contribution in [0.25, 0.3) is 0 Å². The lowest BCUT2D eigenvalue weighted by molar-refractivity contribution is -0.131. The van der Waals surface area contributed by atoms with E-state index in [0.29, 0.717) is 11.5 Å². The van der Waals surface area contributed by atoms with E-state index in [1.54, 1.807) is 24.3 Å². The van der Waals surface area contributed by atoms with Gasteiger partial charge in [-0.05, 0) is 42.5 Å². The van der Waals surface area contributed by atoms with Crippen molar-refractivity contribution >= 4 is 5.97 Å². The Kier molecular flexibility index (Phi) is 4.78. The quantitative estimate of drug-likeness (QED) is 0.816. The number of rotatable bonds is 6. The van der Waals surface area contributed by atoms with Crippen LogP contribution in [0.1, 0.15) is 0 Å². The van der Waals surface area contributed by atoms with Gasteiger partial charge in [0.1, 0.15) is 23.9 Å². The Bertz CT molecular complexity index is 573. The Morgan fingerprint density at radius 2 is 1.55 bits per heavy atom. The molecule has 2 rings (SSSR count). The maximum atomic E-state index is 10.3. The number of benzene rings is 2. The molecule has 0 amide bonds. The second-order valence-corrected chi connectivity index (χ2v) is 3.94. The summed E-state index contributed by atoms with van der Waals surface area (Å²) in [5.74, 6) is 1.15. The molecule has 0 bridgehead atoms. The molecule has 0 aliphatic carbocycles. The van der Waals surface area contributed by atoms with E-state index in [2.05, 4.69) is 0 Å². The molecule has 4 nitrogen and oxygen atoms in total. The molecule has 0 aliphatic rings. The molecule has 0 atom stereocenters. The summed E-state index contributed by atoms with van der Waals surface area (Å²) in [6.07, 6.45) is 2.49. The van der Waals surface area contributed by atoms with E-state index >= 15 is 0 Å². The summed E-state index contributed by atoms with van der Waals surface area (Å²) in [7, 11) is 0. The summed E-state index contributed by atoms with van der Waals surface area (Å²) in [5, 5.41) is 8.43. The summed E-state index contributed by atoms with van der Waals surface area (Å²) in [5.41, 5.74) is 0. The first-order chi connectivity index (χ1) is 9.74. The zero-order valence-electron chi connectivity index (χ0n) is 10.7. The molecule has 0 saturated heterocycles. The maximum absolute atomic E-state index is 10.3. The van der Waals surface area contributed by atoms with Gasteiger partial charge < -0.3 is 14.6 Å². The van der Waals surface area contributed by atoms with Crippen LogP contribution in [0.2, 0.25) is 0 Å². The number of carboxylic acids is 1. The van der Waals surface area contributed by atoms with E-state index in [4.69, 9.17) is 14.6 Å². The van der Waals surface area contributed by atoms with Crippen molar-refractivity contribution in [3.8, 4) is 17.2 Å². The molecule has 0 fully saturated rings. The zero-order chi connectivity index (χ0) is 14.2. The lowest BCUT2D eigenvalue weighted by atomic mass is 10.3. The van der Waals surface area contributed by atoms with Crippen molar-refractivity contribution in [1.29, 1.82) is 0 Å². The Balaban J connectivity index is 1.88. The van der Waals surface area contributed by atoms with E-state index in [-0.39, 0.29) is 6.61 Å². The van der Waals surface area contributed by atoms with Gasteiger partial charge >= 0.3 is 5.97 Å². The van der Waals surface area contributed by atoms with Crippen LogP contribution < -0.4 is 9.47 Å². The van der Waals surface area contributed by atoms with Crippen molar-refractivity contribution < 1.29 is 19.4 Å². The Labute approximate surface area is 116 Å². The van der Waals surface area contributed by atoms with Crippen LogP contribution in [0.3, 0.4) is 0 Å². The fraction of sp³-hybridized carbons (Fsp3) is 0.0625. The van der Waals surface area contributed by atoms with Crippen molar-refractivity contribution in [2.75, 3.05) is 6.61 Å². The fourth-order valence-corrected chi connectivity index (χ4v) is 1.52. The van der Waals surface area contributed by atoms with Gasteiger partial charge in [0.25, 0.3) is 0 Å². The fourth-order valence-electron chi connectivity index (χ4n) is 1.52. The minimum absolute atomic E-state index is 0.213. The Morgan fingerprint density at radius 3 is 2.20 bits per heavy atom. The average Bonchev–Trinajstić information content (AvgIpc) is 2.46. The van der Waals surface area contributed by atoms with E-state index < -0.39 is 5.97 Å². The normalized spacial score (nSPS) is 10.4. The molecule has 1 N–H and O–H groups in total. The SMILES string of the molecule is O=C(O)/C=C/COc1ccc(Oc2ccccc2)cc1. The highest BCUT2D eigenvalue weighted by Gasteiger charge is 1.97. The summed E-state index contributed by atoms with van der Waals surface area (Å²) in [6.45, 7) is 0.213. The first kappa shape index (κ1) is 13.7. The van der Waals surface area contributed by atoms with Crippen LogP contribution in [0.15, 0.2) is 66.7 Å². The van der Waals surface area contributed by atoms with E-state index in [9.17, 15) is 4.79 Å². The van der Waals surface area contributed by atoms with E-state index in [0.717, 1.165) is 11.8 Å². The van der Waals surface area contributed by atoms with Crippen LogP contribution in [0, 0.1) is 0 Å². The summed E-state index contributed by atoms with van der Waals surface area (Å²) in [4.78, 5) is 10.3. The van der Waals surface area contributed by atoms with Crippen molar-refractivity contribution in [2.24, 2.45) is 0 Å². The van der Waals surface area contributed by atoms with E-state index in [1.807, 2.05) is 30.3 Å². The molecule has 0 aliphatic heterocycles. The molecule has 0 radical (unpaired) electrons. The molecular formula is C16H14O4. The highest BCUT2D eigenvalue weighted by Crippen LogP contribution is 2.23. The second kappa shape index (κ2) is 6.99. The topological polar surface area (TPSA) is 55.8 Å². The van der Waals surface area contributed by atoms with Crippen molar-refractivity contribution in [2.45, 2.75) is 0 Å². The molecule has 102 valence electrons. The van der Waals surface area contributed by atoms with Gasteiger partial charge in [-0.1, -0.05) is 18.2 Å². The zero-order valence-corrected chi connectivity index (χ0v) is 10.7. The van der Waals surface area contributed by atoms with Crippen LogP contribution in [0.5, 0.6) is 17.2 Å². The molecule has 0 heterocycles. The molecule has 4 heteroatoms. The lowest BCUT2D eigenvalue weighted by Crippen LogP contribution is -1.95. The standard InChI is InChI=1S/C16H14O4/c17-16(18)7-4-12-19-13-8-10-15(11-9-13)20-14-5-2-1-3-6-14/h1-11H,12H2,(H,17,18)/b7-4+. The summed E-state index contributed by atoms with van der Waals surface area (Å²) < 4.78 is 11.0. The first-order valence-corrected chi connectivity index (χ1v) is 6.09. The summed E-state index contributed by atoms with van der Waals surface area (Å²) >= 11 is 0. The number of para-hydroxylation sites is 1. The molecule has 0 unspecified atom stereocenters. The summed E-state index contributed by atoms with van der Waals surface area (Å²) in [6, 6.07) is 16.6. The van der Waals surface area contributed by atoms with Crippen LogP contribution >= 0.6 is 0 Å². The number of aliphatic carboxylic acids is 1. The molecule has 0 spiro atoms. The Morgan fingerprint density at radius 1 is 0.950 bits per heavy atom. The first-order valence-electron chi connectivity index (χ1n) is 6.09. The number of carbonyl (C=O) groups is 1. The van der Waals surface area contributed by atoms with Gasteiger partial charge in [0.15, 0.2) is 0 Å². The van der Waals surface area contributed by atoms with Gasteiger partial charge in [-0.2, -0.15) is 0 Å². The van der Waals surface area contributed by atoms with Crippen molar-refractivity contribution in [1.82, 2.24) is 0 Å². The van der Waals surface area contributed by atoms with Gasteiger partial charge in [0.2, 0.25) is 0 Å². The van der Waals surface area contributed by atoms with Crippen molar-refractivity contribution in [3.05, 3.63) is 66.7 Å². The molecule has 2 aromatic rings.